The molecule has 0 heterocycles. The minimum Gasteiger partial charge on any atom is -0.303 e. The summed E-state index contributed by atoms with van der Waals surface area (Å²) in [5.41, 5.74) is 1.64. The molecule has 0 bridgehead atoms. The highest BCUT2D eigenvalue weighted by molar-refractivity contribution is 5.49. The number of carbonyl (C=O) groups excluding carboxylic acids is 1. The molecule has 0 aromatic rings. The molecule has 1 nitrogen and oxygen atoms in total. The molecule has 0 aliphatic heterocycles. The third-order valence-electron chi connectivity index (χ3n) is 2.98. The van der Waals surface area contributed by atoms with E-state index >= 15 is 0 Å². The molecular formula is C13H22O. The molecule has 0 spiro atoms. The van der Waals surface area contributed by atoms with E-state index in [1.54, 1.807) is 5.57 Å². The van der Waals surface area contributed by atoms with Crippen LogP contribution in [0.5, 0.6) is 0 Å². The number of allylic oxidation sites excluding steroid dienone is 2. The second-order valence-corrected chi connectivity index (χ2v) is 4.84. The maximum Gasteiger partial charge on any atom is 0.120 e. The van der Waals surface area contributed by atoms with Crippen LogP contribution in [0.2, 0.25) is 0 Å². The van der Waals surface area contributed by atoms with Crippen molar-refractivity contribution in [2.45, 2.75) is 52.4 Å². The summed E-state index contributed by atoms with van der Waals surface area (Å²) in [6.07, 6.45) is 10.3. The summed E-state index contributed by atoms with van der Waals surface area (Å²) < 4.78 is 0. The topological polar surface area (TPSA) is 17.1 Å². The van der Waals surface area contributed by atoms with Crippen LogP contribution in [0.1, 0.15) is 52.4 Å². The zero-order valence-corrected chi connectivity index (χ0v) is 9.46. The lowest BCUT2D eigenvalue weighted by Crippen LogP contribution is -2.07. The van der Waals surface area contributed by atoms with E-state index in [9.17, 15) is 4.79 Å². The Bertz CT molecular complexity index is 203. The van der Waals surface area contributed by atoms with Gasteiger partial charge in [0.05, 0.1) is 0 Å². The van der Waals surface area contributed by atoms with Crippen LogP contribution >= 0.6 is 0 Å². The SMILES string of the molecule is CC(C)CC1=CCC(CCC=O)CC1. The van der Waals surface area contributed by atoms with Crippen molar-refractivity contribution in [3.05, 3.63) is 11.6 Å². The first-order valence-electron chi connectivity index (χ1n) is 5.84. The molecule has 1 aliphatic carbocycles. The van der Waals surface area contributed by atoms with Gasteiger partial charge in [0.25, 0.3) is 0 Å². The van der Waals surface area contributed by atoms with E-state index in [-0.39, 0.29) is 0 Å². The molecule has 0 fully saturated rings. The van der Waals surface area contributed by atoms with E-state index in [0.29, 0.717) is 0 Å². The van der Waals surface area contributed by atoms with Gasteiger partial charge in [-0.3, -0.25) is 0 Å². The summed E-state index contributed by atoms with van der Waals surface area (Å²) in [4.78, 5) is 10.2. The molecule has 0 radical (unpaired) electrons. The van der Waals surface area contributed by atoms with Gasteiger partial charge in [0, 0.05) is 6.42 Å². The van der Waals surface area contributed by atoms with Gasteiger partial charge in [-0.1, -0.05) is 25.5 Å². The van der Waals surface area contributed by atoms with Gasteiger partial charge < -0.3 is 4.79 Å². The Morgan fingerprint density at radius 1 is 1.57 bits per heavy atom. The second kappa shape index (κ2) is 6.00. The maximum absolute atomic E-state index is 10.2. The van der Waals surface area contributed by atoms with Crippen LogP contribution in [0.15, 0.2) is 11.6 Å². The normalized spacial score (nSPS) is 22.2. The minimum atomic E-state index is 0.748. The van der Waals surface area contributed by atoms with E-state index in [4.69, 9.17) is 0 Å². The van der Waals surface area contributed by atoms with Crippen molar-refractivity contribution in [1.82, 2.24) is 0 Å². The number of rotatable bonds is 5. The highest BCUT2D eigenvalue weighted by Gasteiger charge is 2.14. The van der Waals surface area contributed by atoms with E-state index in [0.717, 1.165) is 31.0 Å². The molecule has 0 N–H and O–H groups in total. The summed E-state index contributed by atoms with van der Waals surface area (Å²) in [6, 6.07) is 0. The van der Waals surface area contributed by atoms with E-state index < -0.39 is 0 Å². The van der Waals surface area contributed by atoms with Gasteiger partial charge in [0.1, 0.15) is 6.29 Å². The summed E-state index contributed by atoms with van der Waals surface area (Å²) in [5, 5.41) is 0. The molecule has 1 heteroatoms. The van der Waals surface area contributed by atoms with Crippen LogP contribution in [0.4, 0.5) is 0 Å². The zero-order valence-electron chi connectivity index (χ0n) is 9.46. The third-order valence-corrected chi connectivity index (χ3v) is 2.98. The molecule has 0 saturated heterocycles. The highest BCUT2D eigenvalue weighted by Crippen LogP contribution is 2.29. The van der Waals surface area contributed by atoms with Crippen molar-refractivity contribution in [2.24, 2.45) is 11.8 Å². The fraction of sp³-hybridized carbons (Fsp3) is 0.769. The van der Waals surface area contributed by atoms with Gasteiger partial charge in [-0.15, -0.1) is 0 Å². The molecule has 1 aliphatic rings. The Balaban J connectivity index is 2.28. The predicted octanol–water partition coefficient (Wildman–Crippen LogP) is 3.74. The predicted molar refractivity (Wildman–Crippen MR) is 60.2 cm³/mol. The zero-order chi connectivity index (χ0) is 10.4. The Kier molecular flexibility index (Phi) is 4.92. The second-order valence-electron chi connectivity index (χ2n) is 4.84. The Labute approximate surface area is 87.6 Å². The summed E-state index contributed by atoms with van der Waals surface area (Å²) in [6.45, 7) is 4.55. The Morgan fingerprint density at radius 3 is 2.86 bits per heavy atom. The quantitative estimate of drug-likeness (QED) is 0.481. The number of hydrogen-bond donors (Lipinski definition) is 0. The van der Waals surface area contributed by atoms with Crippen LogP contribution in [-0.4, -0.2) is 6.29 Å². The molecule has 0 amide bonds. The minimum absolute atomic E-state index is 0.748. The van der Waals surface area contributed by atoms with Crippen molar-refractivity contribution in [3.63, 3.8) is 0 Å². The van der Waals surface area contributed by atoms with Crippen LogP contribution in [-0.2, 0) is 4.79 Å². The van der Waals surface area contributed by atoms with E-state index in [1.807, 2.05) is 0 Å². The Hall–Kier alpha value is -0.590. The lowest BCUT2D eigenvalue weighted by Gasteiger charge is -2.22. The monoisotopic (exact) mass is 194 g/mol. The van der Waals surface area contributed by atoms with Crippen LogP contribution < -0.4 is 0 Å². The largest absolute Gasteiger partial charge is 0.303 e. The molecule has 0 saturated carbocycles. The van der Waals surface area contributed by atoms with Gasteiger partial charge in [-0.05, 0) is 43.9 Å². The van der Waals surface area contributed by atoms with E-state index in [1.165, 1.54) is 25.7 Å². The first kappa shape index (κ1) is 11.5. The highest BCUT2D eigenvalue weighted by atomic mass is 16.1. The van der Waals surface area contributed by atoms with Crippen molar-refractivity contribution >= 4 is 6.29 Å². The van der Waals surface area contributed by atoms with Crippen molar-refractivity contribution in [1.29, 1.82) is 0 Å². The van der Waals surface area contributed by atoms with Gasteiger partial charge in [-0.2, -0.15) is 0 Å². The first-order valence-corrected chi connectivity index (χ1v) is 5.84. The molecule has 0 aromatic carbocycles. The van der Waals surface area contributed by atoms with Gasteiger partial charge in [0.15, 0.2) is 0 Å². The molecule has 80 valence electrons. The van der Waals surface area contributed by atoms with Gasteiger partial charge in [-0.25, -0.2) is 0 Å². The smallest absolute Gasteiger partial charge is 0.120 e. The van der Waals surface area contributed by atoms with Gasteiger partial charge in [0.2, 0.25) is 0 Å². The number of carbonyl (C=O) groups is 1. The summed E-state index contributed by atoms with van der Waals surface area (Å²) in [5.74, 6) is 1.56. The van der Waals surface area contributed by atoms with Crippen molar-refractivity contribution in [2.75, 3.05) is 0 Å². The molecule has 0 aromatic heterocycles. The lowest BCUT2D eigenvalue weighted by atomic mass is 9.84. The molecular weight excluding hydrogens is 172 g/mol. The van der Waals surface area contributed by atoms with Crippen LogP contribution in [0.25, 0.3) is 0 Å². The molecule has 14 heavy (non-hydrogen) atoms. The maximum atomic E-state index is 10.2. The van der Waals surface area contributed by atoms with Crippen molar-refractivity contribution < 1.29 is 4.79 Å². The fourth-order valence-electron chi connectivity index (χ4n) is 2.22. The van der Waals surface area contributed by atoms with E-state index in [2.05, 4.69) is 19.9 Å². The van der Waals surface area contributed by atoms with Crippen molar-refractivity contribution in [3.8, 4) is 0 Å². The Morgan fingerprint density at radius 2 is 2.36 bits per heavy atom. The number of aldehydes is 1. The lowest BCUT2D eigenvalue weighted by molar-refractivity contribution is -0.108. The number of hydrogen-bond acceptors (Lipinski definition) is 1. The molecule has 1 rings (SSSR count). The standard InChI is InChI=1S/C13H22O/c1-11(2)10-13-7-5-12(6-8-13)4-3-9-14/h7,9,11-12H,3-6,8,10H2,1-2H3. The third kappa shape index (κ3) is 4.08. The average Bonchev–Trinajstić information content (AvgIpc) is 2.16. The fourth-order valence-corrected chi connectivity index (χ4v) is 2.22. The molecule has 1 atom stereocenters. The first-order chi connectivity index (χ1) is 6.72. The van der Waals surface area contributed by atoms with Crippen LogP contribution in [0, 0.1) is 11.8 Å². The van der Waals surface area contributed by atoms with Gasteiger partial charge >= 0.3 is 0 Å². The summed E-state index contributed by atoms with van der Waals surface area (Å²) >= 11 is 0. The molecule has 1 unspecified atom stereocenters. The summed E-state index contributed by atoms with van der Waals surface area (Å²) in [7, 11) is 0. The van der Waals surface area contributed by atoms with Crippen LogP contribution in [0.3, 0.4) is 0 Å². The average molecular weight is 194 g/mol.